The molecule has 4 nitrogen and oxygen atoms in total. The zero-order valence-electron chi connectivity index (χ0n) is 14.6. The molecule has 0 aromatic carbocycles. The van der Waals surface area contributed by atoms with E-state index in [4.69, 9.17) is 4.98 Å². The van der Waals surface area contributed by atoms with Gasteiger partial charge in [-0.05, 0) is 19.3 Å². The van der Waals surface area contributed by atoms with Crippen molar-refractivity contribution < 1.29 is 0 Å². The van der Waals surface area contributed by atoms with Crippen LogP contribution < -0.4 is 10.6 Å². The van der Waals surface area contributed by atoms with Gasteiger partial charge in [0.1, 0.15) is 17.5 Å². The molecule has 0 radical (unpaired) electrons. The minimum atomic E-state index is -0.0488. The predicted octanol–water partition coefficient (Wildman–Crippen LogP) is 4.59. The molecule has 0 spiro atoms. The highest BCUT2D eigenvalue weighted by molar-refractivity contribution is 5.48. The van der Waals surface area contributed by atoms with Crippen LogP contribution in [0.15, 0.2) is 6.07 Å². The topological polar surface area (TPSA) is 49.8 Å². The van der Waals surface area contributed by atoms with Crippen molar-refractivity contribution in [1.29, 1.82) is 0 Å². The Balaban J connectivity index is 3.00. The molecule has 0 saturated heterocycles. The summed E-state index contributed by atoms with van der Waals surface area (Å²) < 4.78 is 0. The van der Waals surface area contributed by atoms with Gasteiger partial charge in [0.25, 0.3) is 0 Å². The molecule has 2 N–H and O–H groups in total. The molecule has 1 aromatic rings. The first-order valence-electron chi connectivity index (χ1n) is 8.30. The van der Waals surface area contributed by atoms with Crippen LogP contribution in [0.4, 0.5) is 11.6 Å². The van der Waals surface area contributed by atoms with E-state index in [2.05, 4.69) is 57.2 Å². The molecule has 120 valence electrons. The number of nitrogens with zero attached hydrogens (tertiary/aromatic N) is 2. The van der Waals surface area contributed by atoms with Crippen LogP contribution in [-0.4, -0.2) is 22.6 Å². The molecule has 0 bridgehead atoms. The average Bonchev–Trinajstić information content (AvgIpc) is 2.43. The van der Waals surface area contributed by atoms with Crippen LogP contribution in [0.3, 0.4) is 0 Å². The first kappa shape index (κ1) is 17.7. The summed E-state index contributed by atoms with van der Waals surface area (Å²) in [5.41, 5.74) is -0.0488. The number of anilines is 2. The molecule has 1 aromatic heterocycles. The number of aromatic nitrogens is 2. The molecule has 4 heteroatoms. The van der Waals surface area contributed by atoms with Crippen LogP contribution in [-0.2, 0) is 5.41 Å². The Morgan fingerprint density at radius 2 is 1.71 bits per heavy atom. The van der Waals surface area contributed by atoms with E-state index in [9.17, 15) is 0 Å². The Labute approximate surface area is 130 Å². The summed E-state index contributed by atoms with van der Waals surface area (Å²) in [4.78, 5) is 9.38. The van der Waals surface area contributed by atoms with Gasteiger partial charge in [-0.25, -0.2) is 9.97 Å². The lowest BCUT2D eigenvalue weighted by molar-refractivity contribution is 0.544. The smallest absolute Gasteiger partial charge is 0.138 e. The first-order chi connectivity index (χ1) is 9.90. The molecule has 1 rings (SSSR count). The minimum Gasteiger partial charge on any atom is -0.370 e. The van der Waals surface area contributed by atoms with Crippen molar-refractivity contribution in [2.75, 3.05) is 17.2 Å². The fourth-order valence-corrected chi connectivity index (χ4v) is 2.14. The molecule has 1 atom stereocenters. The van der Waals surface area contributed by atoms with E-state index in [1.165, 1.54) is 12.8 Å². The zero-order valence-corrected chi connectivity index (χ0v) is 14.6. The minimum absolute atomic E-state index is 0.0488. The summed E-state index contributed by atoms with van der Waals surface area (Å²) in [6, 6.07) is 2.51. The molecule has 0 fully saturated rings. The second-order valence-corrected chi connectivity index (χ2v) is 6.68. The summed E-state index contributed by atoms with van der Waals surface area (Å²) in [6.45, 7) is 14.0. The van der Waals surface area contributed by atoms with E-state index in [0.29, 0.717) is 6.04 Å². The zero-order chi connectivity index (χ0) is 15.9. The second kappa shape index (κ2) is 8.20. The van der Waals surface area contributed by atoms with Crippen molar-refractivity contribution in [3.8, 4) is 0 Å². The average molecular weight is 292 g/mol. The fraction of sp³-hybridized carbons (Fsp3) is 0.765. The van der Waals surface area contributed by atoms with Gasteiger partial charge < -0.3 is 10.6 Å². The lowest BCUT2D eigenvalue weighted by Gasteiger charge is -2.22. The predicted molar refractivity (Wildman–Crippen MR) is 92.1 cm³/mol. The van der Waals surface area contributed by atoms with E-state index in [-0.39, 0.29) is 5.41 Å². The van der Waals surface area contributed by atoms with E-state index >= 15 is 0 Å². The third-order valence-electron chi connectivity index (χ3n) is 3.44. The van der Waals surface area contributed by atoms with Crippen molar-refractivity contribution in [3.05, 3.63) is 11.9 Å². The van der Waals surface area contributed by atoms with E-state index < -0.39 is 0 Å². The largest absolute Gasteiger partial charge is 0.370 e. The Morgan fingerprint density at radius 1 is 1.05 bits per heavy atom. The maximum absolute atomic E-state index is 4.72. The van der Waals surface area contributed by atoms with Gasteiger partial charge in [0.05, 0.1) is 0 Å². The normalized spacial score (nSPS) is 13.0. The SMILES string of the molecule is CCCNc1cc(NC(CC)CCC)nc(C(C)(C)C)n1. The maximum atomic E-state index is 4.72. The molecule has 0 amide bonds. The number of rotatable bonds is 8. The van der Waals surface area contributed by atoms with E-state index in [1.54, 1.807) is 0 Å². The molecular weight excluding hydrogens is 260 g/mol. The van der Waals surface area contributed by atoms with Gasteiger partial charge in [-0.2, -0.15) is 0 Å². The fourth-order valence-electron chi connectivity index (χ4n) is 2.14. The number of hydrogen-bond acceptors (Lipinski definition) is 4. The summed E-state index contributed by atoms with van der Waals surface area (Å²) in [7, 11) is 0. The van der Waals surface area contributed by atoms with Gasteiger partial charge in [-0.15, -0.1) is 0 Å². The van der Waals surface area contributed by atoms with Crippen LogP contribution in [0.1, 0.15) is 73.1 Å². The number of hydrogen-bond donors (Lipinski definition) is 2. The lowest BCUT2D eigenvalue weighted by atomic mass is 9.96. The molecule has 0 aliphatic carbocycles. The van der Waals surface area contributed by atoms with Gasteiger partial charge in [0.15, 0.2) is 0 Å². The van der Waals surface area contributed by atoms with Gasteiger partial charge in [0, 0.05) is 24.1 Å². The van der Waals surface area contributed by atoms with Crippen molar-refractivity contribution >= 4 is 11.6 Å². The maximum Gasteiger partial charge on any atom is 0.138 e. The summed E-state index contributed by atoms with van der Waals surface area (Å²) in [6.07, 6.45) is 4.55. The quantitative estimate of drug-likeness (QED) is 0.736. The molecular formula is C17H32N4. The van der Waals surface area contributed by atoms with Crippen molar-refractivity contribution in [2.24, 2.45) is 0 Å². The van der Waals surface area contributed by atoms with Gasteiger partial charge in [-0.1, -0.05) is 48.0 Å². The molecule has 0 aliphatic rings. The molecule has 21 heavy (non-hydrogen) atoms. The first-order valence-corrected chi connectivity index (χ1v) is 8.30. The second-order valence-electron chi connectivity index (χ2n) is 6.68. The highest BCUT2D eigenvalue weighted by Crippen LogP contribution is 2.23. The van der Waals surface area contributed by atoms with Crippen molar-refractivity contribution in [2.45, 2.75) is 78.7 Å². The molecule has 0 aliphatic heterocycles. The standard InChI is InChI=1S/C17H32N4/c1-7-10-13(9-3)19-15-12-14(18-11-8-2)20-16(21-15)17(4,5)6/h12-13H,7-11H2,1-6H3,(H2,18,19,20,21). The lowest BCUT2D eigenvalue weighted by Crippen LogP contribution is -2.22. The summed E-state index contributed by atoms with van der Waals surface area (Å²) in [5, 5.41) is 6.95. The Kier molecular flexibility index (Phi) is 6.93. The highest BCUT2D eigenvalue weighted by atomic mass is 15.1. The van der Waals surface area contributed by atoms with Crippen LogP contribution in [0.5, 0.6) is 0 Å². The van der Waals surface area contributed by atoms with Crippen molar-refractivity contribution in [1.82, 2.24) is 9.97 Å². The molecule has 0 saturated carbocycles. The number of nitrogens with one attached hydrogen (secondary N) is 2. The van der Waals surface area contributed by atoms with Crippen LogP contribution >= 0.6 is 0 Å². The van der Waals surface area contributed by atoms with E-state index in [1.807, 2.05) is 6.07 Å². The Hall–Kier alpha value is -1.32. The van der Waals surface area contributed by atoms with Crippen molar-refractivity contribution in [3.63, 3.8) is 0 Å². The van der Waals surface area contributed by atoms with Gasteiger partial charge in [0.2, 0.25) is 0 Å². The molecule has 1 heterocycles. The third kappa shape index (κ3) is 5.90. The third-order valence-corrected chi connectivity index (χ3v) is 3.44. The van der Waals surface area contributed by atoms with Crippen LogP contribution in [0.2, 0.25) is 0 Å². The van der Waals surface area contributed by atoms with Crippen LogP contribution in [0, 0.1) is 0 Å². The van der Waals surface area contributed by atoms with Gasteiger partial charge in [-0.3, -0.25) is 0 Å². The monoisotopic (exact) mass is 292 g/mol. The molecule has 1 unspecified atom stereocenters. The van der Waals surface area contributed by atoms with Gasteiger partial charge >= 0.3 is 0 Å². The van der Waals surface area contributed by atoms with E-state index in [0.717, 1.165) is 36.8 Å². The Morgan fingerprint density at radius 3 is 2.24 bits per heavy atom. The van der Waals surface area contributed by atoms with Crippen LogP contribution in [0.25, 0.3) is 0 Å². The Bertz CT molecular complexity index is 423. The summed E-state index contributed by atoms with van der Waals surface area (Å²) >= 11 is 0. The highest BCUT2D eigenvalue weighted by Gasteiger charge is 2.19. The summed E-state index contributed by atoms with van der Waals surface area (Å²) in [5.74, 6) is 2.75.